The van der Waals surface area contributed by atoms with Crippen molar-refractivity contribution in [2.24, 2.45) is 5.73 Å². The van der Waals surface area contributed by atoms with Gasteiger partial charge in [-0.1, -0.05) is 0 Å². The fourth-order valence-corrected chi connectivity index (χ4v) is 1.56. The largest absolute Gasteiger partial charge is 0.378 e. The van der Waals surface area contributed by atoms with Gasteiger partial charge in [0, 0.05) is 26.2 Å². The molecular weight excluding hydrogens is 180 g/mol. The summed E-state index contributed by atoms with van der Waals surface area (Å²) in [6.45, 7) is 5.32. The van der Waals surface area contributed by atoms with E-state index >= 15 is 0 Å². The first-order chi connectivity index (χ1) is 6.44. The molecule has 0 aromatic heterocycles. The van der Waals surface area contributed by atoms with Gasteiger partial charge < -0.3 is 15.4 Å². The van der Waals surface area contributed by atoms with E-state index in [9.17, 15) is 4.79 Å². The van der Waals surface area contributed by atoms with E-state index in [0.29, 0.717) is 13.0 Å². The lowest BCUT2D eigenvalue weighted by molar-refractivity contribution is -0.135. The van der Waals surface area contributed by atoms with Crippen LogP contribution >= 0.6 is 0 Å². The molecule has 4 nitrogen and oxygen atoms in total. The molecule has 0 spiro atoms. The van der Waals surface area contributed by atoms with Crippen molar-refractivity contribution in [3.63, 3.8) is 0 Å². The van der Waals surface area contributed by atoms with Crippen molar-refractivity contribution in [1.29, 1.82) is 0 Å². The minimum atomic E-state index is -0.371. The van der Waals surface area contributed by atoms with Gasteiger partial charge in [0.25, 0.3) is 0 Å². The highest BCUT2D eigenvalue weighted by Gasteiger charge is 2.28. The molecule has 4 heteroatoms. The molecule has 1 heterocycles. The second-order valence-corrected chi connectivity index (χ2v) is 4.53. The van der Waals surface area contributed by atoms with Crippen LogP contribution < -0.4 is 5.73 Å². The van der Waals surface area contributed by atoms with Crippen LogP contribution in [0.15, 0.2) is 0 Å². The third-order valence-corrected chi connectivity index (χ3v) is 2.71. The lowest BCUT2D eigenvalue weighted by atomic mass is 10.0. The zero-order valence-corrected chi connectivity index (χ0v) is 9.25. The summed E-state index contributed by atoms with van der Waals surface area (Å²) in [5, 5.41) is 0. The van der Waals surface area contributed by atoms with Crippen LogP contribution in [0.25, 0.3) is 0 Å². The van der Waals surface area contributed by atoms with E-state index in [1.165, 1.54) is 0 Å². The van der Waals surface area contributed by atoms with Crippen LogP contribution in [0.1, 0.15) is 26.7 Å². The van der Waals surface area contributed by atoms with Gasteiger partial charge in [0.15, 0.2) is 0 Å². The molecule has 1 amide bonds. The van der Waals surface area contributed by atoms with Gasteiger partial charge >= 0.3 is 0 Å². The number of amides is 1. The predicted molar refractivity (Wildman–Crippen MR) is 54.9 cm³/mol. The van der Waals surface area contributed by atoms with Crippen LogP contribution in [-0.2, 0) is 9.53 Å². The molecule has 0 radical (unpaired) electrons. The zero-order chi connectivity index (χ0) is 10.8. The molecule has 1 atom stereocenters. The molecule has 1 aliphatic rings. The molecule has 14 heavy (non-hydrogen) atoms. The molecule has 1 saturated heterocycles. The third kappa shape index (κ3) is 2.96. The number of nitrogens with two attached hydrogens (primary N) is 1. The summed E-state index contributed by atoms with van der Waals surface area (Å²) < 4.78 is 5.22. The summed E-state index contributed by atoms with van der Waals surface area (Å²) in [5.74, 6) is 0.143. The molecule has 82 valence electrons. The van der Waals surface area contributed by atoms with E-state index in [2.05, 4.69) is 0 Å². The van der Waals surface area contributed by atoms with Crippen molar-refractivity contribution in [1.82, 2.24) is 4.90 Å². The molecule has 0 aliphatic carbocycles. The van der Waals surface area contributed by atoms with Gasteiger partial charge in [-0.2, -0.15) is 0 Å². The number of nitrogens with zero attached hydrogens (tertiary/aromatic N) is 1. The minimum absolute atomic E-state index is 0.143. The van der Waals surface area contributed by atoms with Gasteiger partial charge in [0.05, 0.1) is 12.0 Å². The van der Waals surface area contributed by atoms with Crippen LogP contribution in [-0.4, -0.2) is 42.6 Å². The lowest BCUT2D eigenvalue weighted by Crippen LogP contribution is -2.37. The summed E-state index contributed by atoms with van der Waals surface area (Å²) >= 11 is 0. The average Bonchev–Trinajstić information content (AvgIpc) is 2.51. The van der Waals surface area contributed by atoms with Gasteiger partial charge in [0.2, 0.25) is 5.91 Å². The molecule has 0 aromatic carbocycles. The van der Waals surface area contributed by atoms with E-state index < -0.39 is 0 Å². The summed E-state index contributed by atoms with van der Waals surface area (Å²) in [7, 11) is 1.63. The Hall–Kier alpha value is -0.610. The molecule has 0 aromatic rings. The maximum absolute atomic E-state index is 11.8. The van der Waals surface area contributed by atoms with E-state index in [4.69, 9.17) is 10.5 Å². The number of hydrogen-bond donors (Lipinski definition) is 1. The zero-order valence-electron chi connectivity index (χ0n) is 9.25. The minimum Gasteiger partial charge on any atom is -0.378 e. The number of likely N-dealkylation sites (tertiary alicyclic amines) is 1. The quantitative estimate of drug-likeness (QED) is 0.715. The highest BCUT2D eigenvalue weighted by atomic mass is 16.5. The Labute approximate surface area is 85.4 Å². The van der Waals surface area contributed by atoms with Crippen molar-refractivity contribution in [2.75, 3.05) is 20.2 Å². The van der Waals surface area contributed by atoms with Crippen molar-refractivity contribution < 1.29 is 9.53 Å². The summed E-state index contributed by atoms with van der Waals surface area (Å²) in [6.07, 6.45) is 1.34. The number of rotatable bonds is 3. The molecule has 1 aliphatic heterocycles. The number of methoxy groups -OCH3 is 1. The van der Waals surface area contributed by atoms with Gasteiger partial charge in [-0.3, -0.25) is 4.79 Å². The normalized spacial score (nSPS) is 22.9. The van der Waals surface area contributed by atoms with Gasteiger partial charge in [-0.15, -0.1) is 0 Å². The Morgan fingerprint density at radius 2 is 2.29 bits per heavy atom. The fraction of sp³-hybridized carbons (Fsp3) is 0.900. The van der Waals surface area contributed by atoms with Crippen LogP contribution in [0.2, 0.25) is 0 Å². The topological polar surface area (TPSA) is 55.6 Å². The molecule has 1 unspecified atom stereocenters. The van der Waals surface area contributed by atoms with Gasteiger partial charge in [-0.25, -0.2) is 0 Å². The monoisotopic (exact) mass is 200 g/mol. The summed E-state index contributed by atoms with van der Waals surface area (Å²) in [5.41, 5.74) is 5.36. The van der Waals surface area contributed by atoms with Crippen LogP contribution in [0, 0.1) is 0 Å². The predicted octanol–water partition coefficient (Wildman–Crippen LogP) is 0.361. The summed E-state index contributed by atoms with van der Waals surface area (Å²) in [4.78, 5) is 13.6. The fourth-order valence-electron chi connectivity index (χ4n) is 1.56. The van der Waals surface area contributed by atoms with Gasteiger partial charge in [-0.05, 0) is 20.3 Å². The highest BCUT2D eigenvalue weighted by Crippen LogP contribution is 2.17. The van der Waals surface area contributed by atoms with Crippen LogP contribution in [0.3, 0.4) is 0 Å². The van der Waals surface area contributed by atoms with Crippen molar-refractivity contribution in [2.45, 2.75) is 38.3 Å². The molecule has 0 saturated carbocycles. The van der Waals surface area contributed by atoms with Gasteiger partial charge in [0.1, 0.15) is 0 Å². The maximum atomic E-state index is 11.8. The smallest absolute Gasteiger partial charge is 0.225 e. The van der Waals surface area contributed by atoms with E-state index in [-0.39, 0.29) is 17.6 Å². The number of carbonyl (C=O) groups excluding carboxylic acids is 1. The SMILES string of the molecule is COC(C)(C)CC(=O)N1CCC(N)C1. The third-order valence-electron chi connectivity index (χ3n) is 2.71. The van der Waals surface area contributed by atoms with E-state index in [1.807, 2.05) is 18.7 Å². The Balaban J connectivity index is 2.43. The molecule has 1 fully saturated rings. The second kappa shape index (κ2) is 4.28. The first-order valence-corrected chi connectivity index (χ1v) is 5.03. The van der Waals surface area contributed by atoms with Crippen molar-refractivity contribution in [3.8, 4) is 0 Å². The molecular formula is C10H20N2O2. The Bertz CT molecular complexity index is 216. The Morgan fingerprint density at radius 1 is 1.64 bits per heavy atom. The average molecular weight is 200 g/mol. The van der Waals surface area contributed by atoms with E-state index in [1.54, 1.807) is 7.11 Å². The van der Waals surface area contributed by atoms with Crippen LogP contribution in [0.5, 0.6) is 0 Å². The highest BCUT2D eigenvalue weighted by molar-refractivity contribution is 5.77. The molecule has 1 rings (SSSR count). The number of hydrogen-bond acceptors (Lipinski definition) is 3. The van der Waals surface area contributed by atoms with Crippen molar-refractivity contribution >= 4 is 5.91 Å². The molecule has 0 bridgehead atoms. The standard InChI is InChI=1S/C10H20N2O2/c1-10(2,14-3)6-9(13)12-5-4-8(11)7-12/h8H,4-7,11H2,1-3H3. The Kier molecular flexibility index (Phi) is 3.50. The Morgan fingerprint density at radius 3 is 2.71 bits per heavy atom. The summed E-state index contributed by atoms with van der Waals surface area (Å²) in [6, 6.07) is 0.157. The first-order valence-electron chi connectivity index (χ1n) is 5.03. The number of carbonyl (C=O) groups is 1. The van der Waals surface area contributed by atoms with Crippen LogP contribution in [0.4, 0.5) is 0 Å². The lowest BCUT2D eigenvalue weighted by Gasteiger charge is -2.25. The molecule has 2 N–H and O–H groups in total. The number of ether oxygens (including phenoxy) is 1. The second-order valence-electron chi connectivity index (χ2n) is 4.53. The maximum Gasteiger partial charge on any atom is 0.225 e. The first kappa shape index (κ1) is 11.5. The van der Waals surface area contributed by atoms with E-state index in [0.717, 1.165) is 13.0 Å². The van der Waals surface area contributed by atoms with Crippen molar-refractivity contribution in [3.05, 3.63) is 0 Å².